The van der Waals surface area contributed by atoms with Crippen LogP contribution in [0.5, 0.6) is 11.5 Å². The molecule has 6 nitrogen and oxygen atoms in total. The van der Waals surface area contributed by atoms with E-state index in [0.29, 0.717) is 44.3 Å². The number of amides is 2. The summed E-state index contributed by atoms with van der Waals surface area (Å²) in [5.41, 5.74) is 3.27. The van der Waals surface area contributed by atoms with Crippen LogP contribution in [0.15, 0.2) is 42.5 Å². The first kappa shape index (κ1) is 17.1. The van der Waals surface area contributed by atoms with E-state index in [0.717, 1.165) is 12.1 Å². The molecule has 1 saturated heterocycles. The first-order valence-electron chi connectivity index (χ1n) is 9.74. The van der Waals surface area contributed by atoms with E-state index in [2.05, 4.69) is 12.1 Å². The number of ether oxygens (including phenoxy) is 2. The molecule has 3 aliphatic heterocycles. The Balaban J connectivity index is 1.31. The predicted molar refractivity (Wildman–Crippen MR) is 103 cm³/mol. The number of carbonyl (C=O) groups is 2. The molecule has 1 atom stereocenters. The maximum absolute atomic E-state index is 13.1. The zero-order valence-corrected chi connectivity index (χ0v) is 15.6. The van der Waals surface area contributed by atoms with Gasteiger partial charge in [-0.15, -0.1) is 0 Å². The molecule has 0 saturated carbocycles. The quantitative estimate of drug-likeness (QED) is 0.805. The van der Waals surface area contributed by atoms with Crippen LogP contribution in [0.1, 0.15) is 17.5 Å². The summed E-state index contributed by atoms with van der Waals surface area (Å²) >= 11 is 0. The Hall–Kier alpha value is -3.02. The van der Waals surface area contributed by atoms with Gasteiger partial charge >= 0.3 is 0 Å². The van der Waals surface area contributed by atoms with Crippen LogP contribution in [0.2, 0.25) is 0 Å². The number of fused-ring (bicyclic) bond motifs is 2. The fourth-order valence-corrected chi connectivity index (χ4v) is 4.26. The summed E-state index contributed by atoms with van der Waals surface area (Å²) in [7, 11) is 0. The van der Waals surface area contributed by atoms with Crippen molar-refractivity contribution in [3.05, 3.63) is 53.6 Å². The maximum Gasteiger partial charge on any atom is 0.228 e. The van der Waals surface area contributed by atoms with E-state index >= 15 is 0 Å². The molecular formula is C22H22N2O4. The number of hydrogen-bond donors (Lipinski definition) is 0. The molecule has 6 heteroatoms. The molecule has 144 valence electrons. The summed E-state index contributed by atoms with van der Waals surface area (Å²) in [5, 5.41) is 0. The Morgan fingerprint density at radius 3 is 2.64 bits per heavy atom. The lowest BCUT2D eigenvalue weighted by molar-refractivity contribution is -0.136. The van der Waals surface area contributed by atoms with Crippen molar-refractivity contribution < 1.29 is 19.1 Å². The van der Waals surface area contributed by atoms with Crippen LogP contribution >= 0.6 is 0 Å². The van der Waals surface area contributed by atoms with Gasteiger partial charge in [-0.1, -0.05) is 24.3 Å². The third-order valence-corrected chi connectivity index (χ3v) is 5.75. The van der Waals surface area contributed by atoms with Crippen LogP contribution in [0.4, 0.5) is 5.69 Å². The number of carbonyl (C=O) groups excluding carboxylic acids is 2. The third kappa shape index (κ3) is 2.99. The first-order chi connectivity index (χ1) is 13.7. The highest BCUT2D eigenvalue weighted by Crippen LogP contribution is 2.36. The van der Waals surface area contributed by atoms with Crippen molar-refractivity contribution in [1.29, 1.82) is 0 Å². The van der Waals surface area contributed by atoms with E-state index in [9.17, 15) is 9.59 Å². The molecule has 0 aromatic heterocycles. The minimum absolute atomic E-state index is 0.0209. The van der Waals surface area contributed by atoms with Crippen LogP contribution in [-0.2, 0) is 22.6 Å². The average Bonchev–Trinajstić information content (AvgIpc) is 3.14. The highest BCUT2D eigenvalue weighted by atomic mass is 16.6. The van der Waals surface area contributed by atoms with Gasteiger partial charge in [-0.05, 0) is 29.7 Å². The van der Waals surface area contributed by atoms with Crippen LogP contribution in [0.3, 0.4) is 0 Å². The van der Waals surface area contributed by atoms with Gasteiger partial charge in [0.25, 0.3) is 0 Å². The fraction of sp³-hybridized carbons (Fsp3) is 0.364. The van der Waals surface area contributed by atoms with E-state index in [4.69, 9.17) is 9.47 Å². The minimum atomic E-state index is -0.300. The fourth-order valence-electron chi connectivity index (χ4n) is 4.26. The second kappa shape index (κ2) is 6.86. The molecule has 1 unspecified atom stereocenters. The summed E-state index contributed by atoms with van der Waals surface area (Å²) in [6.07, 6.45) is 1.12. The van der Waals surface area contributed by atoms with E-state index in [1.165, 1.54) is 11.1 Å². The van der Waals surface area contributed by atoms with Gasteiger partial charge in [-0.2, -0.15) is 0 Å². The van der Waals surface area contributed by atoms with Gasteiger partial charge in [0, 0.05) is 37.8 Å². The summed E-state index contributed by atoms with van der Waals surface area (Å²) in [5.74, 6) is 1.10. The molecule has 3 heterocycles. The molecule has 2 aromatic carbocycles. The van der Waals surface area contributed by atoms with Crippen LogP contribution in [0, 0.1) is 5.92 Å². The molecule has 2 aromatic rings. The number of benzene rings is 2. The zero-order chi connectivity index (χ0) is 19.1. The molecule has 28 heavy (non-hydrogen) atoms. The normalized spacial score (nSPS) is 20.9. The molecule has 2 amide bonds. The minimum Gasteiger partial charge on any atom is -0.486 e. The zero-order valence-electron chi connectivity index (χ0n) is 15.6. The summed E-state index contributed by atoms with van der Waals surface area (Å²) < 4.78 is 11.2. The van der Waals surface area contributed by atoms with E-state index < -0.39 is 0 Å². The van der Waals surface area contributed by atoms with E-state index in [-0.39, 0.29) is 24.2 Å². The predicted octanol–water partition coefficient (Wildman–Crippen LogP) is 2.40. The molecule has 0 N–H and O–H groups in total. The molecule has 5 rings (SSSR count). The first-order valence-corrected chi connectivity index (χ1v) is 9.74. The van der Waals surface area contributed by atoms with E-state index in [1.807, 2.05) is 35.2 Å². The highest BCUT2D eigenvalue weighted by Gasteiger charge is 2.38. The standard InChI is InChI=1S/C22H22N2O4/c25-21-11-17(22(26)23-8-7-15-3-1-2-4-16(15)13-23)14-24(21)18-5-6-19-20(12-18)28-10-9-27-19/h1-6,12,17H,7-11,13-14H2. The van der Waals surface area contributed by atoms with Gasteiger partial charge in [-0.3, -0.25) is 9.59 Å². The second-order valence-electron chi connectivity index (χ2n) is 7.51. The van der Waals surface area contributed by atoms with Crippen LogP contribution < -0.4 is 14.4 Å². The summed E-state index contributed by atoms with van der Waals surface area (Å²) in [4.78, 5) is 29.3. The van der Waals surface area contributed by atoms with Gasteiger partial charge in [0.1, 0.15) is 13.2 Å². The lowest BCUT2D eigenvalue weighted by Gasteiger charge is -2.30. The maximum atomic E-state index is 13.1. The second-order valence-corrected chi connectivity index (χ2v) is 7.51. The molecule has 1 fully saturated rings. The number of anilines is 1. The van der Waals surface area contributed by atoms with Gasteiger partial charge < -0.3 is 19.3 Å². The van der Waals surface area contributed by atoms with E-state index in [1.54, 1.807) is 4.90 Å². The molecule has 0 aliphatic carbocycles. The summed E-state index contributed by atoms with van der Waals surface area (Å²) in [6, 6.07) is 13.8. The van der Waals surface area contributed by atoms with Gasteiger partial charge in [0.05, 0.1) is 5.92 Å². The smallest absolute Gasteiger partial charge is 0.228 e. The van der Waals surface area contributed by atoms with Crippen molar-refractivity contribution in [3.8, 4) is 11.5 Å². The van der Waals surface area contributed by atoms with Crippen LogP contribution in [0.25, 0.3) is 0 Å². The van der Waals surface area contributed by atoms with Crippen molar-refractivity contribution >= 4 is 17.5 Å². The van der Waals surface area contributed by atoms with Crippen molar-refractivity contribution in [2.75, 3.05) is 31.2 Å². The Kier molecular flexibility index (Phi) is 4.19. The lowest BCUT2D eigenvalue weighted by atomic mass is 9.98. The molecule has 0 bridgehead atoms. The molecule has 3 aliphatic rings. The van der Waals surface area contributed by atoms with Gasteiger partial charge in [0.15, 0.2) is 11.5 Å². The Labute approximate surface area is 163 Å². The number of rotatable bonds is 2. The van der Waals surface area contributed by atoms with Crippen molar-refractivity contribution in [1.82, 2.24) is 4.90 Å². The van der Waals surface area contributed by atoms with Gasteiger partial charge in [0.2, 0.25) is 11.8 Å². The van der Waals surface area contributed by atoms with Crippen molar-refractivity contribution in [2.24, 2.45) is 5.92 Å². The van der Waals surface area contributed by atoms with Crippen LogP contribution in [-0.4, -0.2) is 43.0 Å². The Morgan fingerprint density at radius 2 is 1.79 bits per heavy atom. The number of nitrogens with zero attached hydrogens (tertiary/aromatic N) is 2. The summed E-state index contributed by atoms with van der Waals surface area (Å²) in [6.45, 7) is 2.79. The number of hydrogen-bond acceptors (Lipinski definition) is 4. The van der Waals surface area contributed by atoms with Crippen molar-refractivity contribution in [2.45, 2.75) is 19.4 Å². The molecule has 0 radical (unpaired) electrons. The molecular weight excluding hydrogens is 356 g/mol. The lowest BCUT2D eigenvalue weighted by Crippen LogP contribution is -2.40. The largest absolute Gasteiger partial charge is 0.486 e. The Morgan fingerprint density at radius 1 is 1.00 bits per heavy atom. The highest BCUT2D eigenvalue weighted by molar-refractivity contribution is 6.00. The molecule has 0 spiro atoms. The Bertz CT molecular complexity index is 942. The van der Waals surface area contributed by atoms with Gasteiger partial charge in [-0.25, -0.2) is 0 Å². The monoisotopic (exact) mass is 378 g/mol. The SMILES string of the molecule is O=C(C1CC(=O)N(c2ccc3c(c2)OCCO3)C1)N1CCc2ccccc2C1. The third-order valence-electron chi connectivity index (χ3n) is 5.75. The topological polar surface area (TPSA) is 59.1 Å². The van der Waals surface area contributed by atoms with Crippen molar-refractivity contribution in [3.63, 3.8) is 0 Å². The average molecular weight is 378 g/mol.